The van der Waals surface area contributed by atoms with Crippen LogP contribution in [0, 0.1) is 5.41 Å². The molecule has 2 aromatic carbocycles. The molecule has 0 heterocycles. The largest absolute Gasteiger partial charge is 0.508 e. The Hall–Kier alpha value is -1.76. The molecule has 2 rings (SSSR count). The second-order valence-electron chi connectivity index (χ2n) is 7.40. The molecule has 28 heavy (non-hydrogen) atoms. The van der Waals surface area contributed by atoms with E-state index >= 15 is 0 Å². The first-order valence-corrected chi connectivity index (χ1v) is 10.3. The molecular formula is C27H48O. The monoisotopic (exact) mass is 388 g/mol. The molecule has 0 aromatic heterocycles. The van der Waals surface area contributed by atoms with Gasteiger partial charge >= 0.3 is 0 Å². The van der Waals surface area contributed by atoms with Crippen molar-refractivity contribution in [3.05, 3.63) is 65.2 Å². The Bertz CT molecular complexity index is 559. The number of benzene rings is 2. The summed E-state index contributed by atoms with van der Waals surface area (Å²) < 4.78 is 0. The number of aryl methyl sites for hydroxylation is 3. The zero-order valence-corrected chi connectivity index (χ0v) is 18.1. The van der Waals surface area contributed by atoms with Crippen molar-refractivity contribution in [1.82, 2.24) is 0 Å². The van der Waals surface area contributed by atoms with E-state index in [4.69, 9.17) is 0 Å². The zero-order valence-electron chi connectivity index (χ0n) is 18.1. The van der Waals surface area contributed by atoms with Gasteiger partial charge in [0.15, 0.2) is 0 Å². The predicted molar refractivity (Wildman–Crippen MR) is 131 cm³/mol. The van der Waals surface area contributed by atoms with Gasteiger partial charge in [-0.05, 0) is 66.3 Å². The first-order valence-electron chi connectivity index (χ1n) is 10.3. The fourth-order valence-electron chi connectivity index (χ4n) is 2.55. The van der Waals surface area contributed by atoms with Crippen LogP contribution in [0.4, 0.5) is 0 Å². The molecule has 2 aromatic rings. The molecule has 0 atom stereocenters. The Labute approximate surface area is 177 Å². The van der Waals surface area contributed by atoms with Gasteiger partial charge in [-0.15, -0.1) is 0 Å². The van der Waals surface area contributed by atoms with Crippen molar-refractivity contribution in [1.29, 1.82) is 0 Å². The number of rotatable bonds is 6. The summed E-state index contributed by atoms with van der Waals surface area (Å²) in [6, 6.07) is 16.6. The quantitative estimate of drug-likeness (QED) is 0.524. The summed E-state index contributed by atoms with van der Waals surface area (Å²) >= 11 is 0. The molecule has 0 bridgehead atoms. The van der Waals surface area contributed by atoms with Crippen molar-refractivity contribution in [2.24, 2.45) is 5.41 Å². The average Bonchev–Trinajstić information content (AvgIpc) is 2.65. The van der Waals surface area contributed by atoms with Gasteiger partial charge in [0, 0.05) is 0 Å². The van der Waals surface area contributed by atoms with Crippen LogP contribution in [-0.2, 0) is 19.3 Å². The van der Waals surface area contributed by atoms with Gasteiger partial charge in [-0.25, -0.2) is 0 Å². The van der Waals surface area contributed by atoms with Crippen molar-refractivity contribution in [2.45, 2.75) is 95.4 Å². The number of phenolic OH excluding ortho intramolecular Hbond substituents is 1. The third kappa shape index (κ3) is 14.3. The van der Waals surface area contributed by atoms with Crippen LogP contribution in [-0.4, -0.2) is 5.11 Å². The summed E-state index contributed by atoms with van der Waals surface area (Å²) in [5, 5.41) is 9.28. The third-order valence-corrected chi connectivity index (χ3v) is 4.05. The fraction of sp³-hybridized carbons (Fsp3) is 0.556. The predicted octanol–water partition coefficient (Wildman–Crippen LogP) is 8.87. The minimum Gasteiger partial charge on any atom is -0.508 e. The van der Waals surface area contributed by atoms with Crippen LogP contribution in [0.3, 0.4) is 0 Å². The van der Waals surface area contributed by atoms with E-state index < -0.39 is 0 Å². The number of hydrogen-bond donors (Lipinski definition) is 1. The van der Waals surface area contributed by atoms with Gasteiger partial charge in [-0.3, -0.25) is 0 Å². The first kappa shape index (κ1) is 31.0. The van der Waals surface area contributed by atoms with E-state index in [1.165, 1.54) is 23.1 Å². The molecule has 162 valence electrons. The van der Waals surface area contributed by atoms with Crippen molar-refractivity contribution < 1.29 is 5.11 Å². The molecule has 0 spiro atoms. The van der Waals surface area contributed by atoms with Gasteiger partial charge < -0.3 is 5.11 Å². The first-order chi connectivity index (χ1) is 12.4. The van der Waals surface area contributed by atoms with Gasteiger partial charge in [-0.2, -0.15) is 0 Å². The topological polar surface area (TPSA) is 20.2 Å². The molecule has 0 radical (unpaired) electrons. The van der Waals surface area contributed by atoms with Crippen LogP contribution in [0.5, 0.6) is 5.75 Å². The van der Waals surface area contributed by atoms with Gasteiger partial charge in [0.05, 0.1) is 0 Å². The lowest BCUT2D eigenvalue weighted by molar-refractivity contribution is 0.378. The van der Waals surface area contributed by atoms with E-state index in [1.807, 2.05) is 39.8 Å². The Kier molecular flexibility index (Phi) is 19.2. The number of aromatic hydroxyl groups is 1. The highest BCUT2D eigenvalue weighted by Crippen LogP contribution is 2.21. The van der Waals surface area contributed by atoms with Crippen molar-refractivity contribution >= 4 is 0 Å². The Morgan fingerprint density at radius 2 is 0.929 bits per heavy atom. The lowest BCUT2D eigenvalue weighted by atomic mass is 9.88. The summed E-state index contributed by atoms with van der Waals surface area (Å²) in [5.41, 5.74) is 4.55. The molecule has 1 N–H and O–H groups in total. The third-order valence-electron chi connectivity index (χ3n) is 4.05. The van der Waals surface area contributed by atoms with Crippen molar-refractivity contribution in [3.8, 4) is 5.75 Å². The molecule has 1 nitrogen and oxygen atoms in total. The van der Waals surface area contributed by atoms with E-state index in [1.54, 1.807) is 12.1 Å². The highest BCUT2D eigenvalue weighted by Gasteiger charge is 2.09. The maximum atomic E-state index is 9.28. The lowest BCUT2D eigenvalue weighted by Crippen LogP contribution is -2.06. The van der Waals surface area contributed by atoms with E-state index in [0.717, 1.165) is 25.7 Å². The van der Waals surface area contributed by atoms with Crippen LogP contribution in [0.2, 0.25) is 0 Å². The fourth-order valence-corrected chi connectivity index (χ4v) is 2.55. The van der Waals surface area contributed by atoms with Crippen molar-refractivity contribution in [3.63, 3.8) is 0 Å². The smallest absolute Gasteiger partial charge is 0.115 e. The summed E-state index contributed by atoms with van der Waals surface area (Å²) in [6.45, 7) is 14.9. The SMILES string of the molecule is C.C.CC.CC.CC(C)(C)CCc1ccc(CCCc2ccc(O)cc2)cc1. The Balaban J connectivity index is -0.000000978. The normalized spacial score (nSPS) is 9.54. The average molecular weight is 389 g/mol. The number of phenols is 1. The second-order valence-corrected chi connectivity index (χ2v) is 7.40. The van der Waals surface area contributed by atoms with E-state index in [2.05, 4.69) is 45.0 Å². The molecule has 0 saturated carbocycles. The summed E-state index contributed by atoms with van der Waals surface area (Å²) in [6.07, 6.45) is 5.71. The molecule has 0 saturated heterocycles. The maximum absolute atomic E-state index is 9.28. The molecule has 0 amide bonds. The molecule has 0 fully saturated rings. The van der Waals surface area contributed by atoms with E-state index in [9.17, 15) is 5.11 Å². The zero-order chi connectivity index (χ0) is 20.0. The lowest BCUT2D eigenvalue weighted by Gasteiger charge is -2.17. The van der Waals surface area contributed by atoms with E-state index in [-0.39, 0.29) is 14.9 Å². The second kappa shape index (κ2) is 17.3. The van der Waals surface area contributed by atoms with Crippen LogP contribution in [0.1, 0.15) is 92.9 Å². The van der Waals surface area contributed by atoms with Crippen molar-refractivity contribution in [2.75, 3.05) is 0 Å². The van der Waals surface area contributed by atoms with Crippen LogP contribution in [0.25, 0.3) is 0 Å². The van der Waals surface area contributed by atoms with Gasteiger partial charge in [0.1, 0.15) is 5.75 Å². The van der Waals surface area contributed by atoms with Crippen LogP contribution < -0.4 is 0 Å². The molecular weight excluding hydrogens is 340 g/mol. The maximum Gasteiger partial charge on any atom is 0.115 e. The molecule has 0 aliphatic heterocycles. The Morgan fingerprint density at radius 3 is 1.29 bits per heavy atom. The molecule has 0 aliphatic rings. The van der Waals surface area contributed by atoms with Gasteiger partial charge in [0.25, 0.3) is 0 Å². The summed E-state index contributed by atoms with van der Waals surface area (Å²) in [7, 11) is 0. The minimum absolute atomic E-state index is 0. The van der Waals surface area contributed by atoms with E-state index in [0.29, 0.717) is 11.2 Å². The highest BCUT2D eigenvalue weighted by molar-refractivity contribution is 5.26. The highest BCUT2D eigenvalue weighted by atomic mass is 16.3. The molecule has 1 heteroatoms. The number of hydrogen-bond acceptors (Lipinski definition) is 1. The van der Waals surface area contributed by atoms with Gasteiger partial charge in [0.2, 0.25) is 0 Å². The minimum atomic E-state index is 0. The van der Waals surface area contributed by atoms with Crippen LogP contribution >= 0.6 is 0 Å². The van der Waals surface area contributed by atoms with Crippen LogP contribution in [0.15, 0.2) is 48.5 Å². The summed E-state index contributed by atoms with van der Waals surface area (Å²) in [4.78, 5) is 0. The van der Waals surface area contributed by atoms with Gasteiger partial charge in [-0.1, -0.05) is 99.7 Å². The standard InChI is InChI=1S/C21H28O.2C2H6.2CH4/c1-21(2,3)16-15-19-9-7-17(8-10-19)5-4-6-18-11-13-20(22)14-12-18;2*1-2;;/h7-14,22H,4-6,15-16H2,1-3H3;2*1-2H3;2*1H4. The summed E-state index contributed by atoms with van der Waals surface area (Å²) in [5.74, 6) is 0.342. The molecule has 0 aliphatic carbocycles. The Morgan fingerprint density at radius 1 is 0.607 bits per heavy atom. The molecule has 0 unspecified atom stereocenters.